The molecule has 2 N–H and O–H groups in total. The summed E-state index contributed by atoms with van der Waals surface area (Å²) in [6.07, 6.45) is -4.38. The monoisotopic (exact) mass is 396 g/mol. The number of nitrogens with zero attached hydrogens (tertiary/aromatic N) is 2. The maximum atomic E-state index is 13.0. The normalized spacial score (nSPS) is 13.9. The van der Waals surface area contributed by atoms with Crippen LogP contribution in [0.25, 0.3) is 11.4 Å². The van der Waals surface area contributed by atoms with Gasteiger partial charge in [0.25, 0.3) is 0 Å². The molecule has 0 atom stereocenters. The van der Waals surface area contributed by atoms with Gasteiger partial charge in [-0.05, 0) is 38.5 Å². The highest BCUT2D eigenvalue weighted by Crippen LogP contribution is 2.35. The molecule has 2 heterocycles. The molecular weight excluding hydrogens is 377 g/mol. The Morgan fingerprint density at radius 3 is 2.68 bits per heavy atom. The Hall–Kier alpha value is -3.04. The third-order valence-electron chi connectivity index (χ3n) is 3.82. The SMILES string of the molecule is CC(C)(C)OC(=O)NCc1ccc2c(c1)NC(=O)Cn1cc(C(F)(F)F)nc1-2. The maximum absolute atomic E-state index is 13.0. The van der Waals surface area contributed by atoms with Crippen molar-refractivity contribution in [3.05, 3.63) is 35.7 Å². The highest BCUT2D eigenvalue weighted by Gasteiger charge is 2.36. The first kappa shape index (κ1) is 19.7. The summed E-state index contributed by atoms with van der Waals surface area (Å²) in [5.74, 6) is -0.421. The molecule has 1 aromatic carbocycles. The smallest absolute Gasteiger partial charge is 0.434 e. The van der Waals surface area contributed by atoms with Crippen LogP contribution in [0.3, 0.4) is 0 Å². The van der Waals surface area contributed by atoms with Gasteiger partial charge in [-0.25, -0.2) is 9.78 Å². The van der Waals surface area contributed by atoms with Crippen LogP contribution < -0.4 is 10.6 Å². The number of alkyl halides is 3. The van der Waals surface area contributed by atoms with Crippen molar-refractivity contribution in [1.82, 2.24) is 14.9 Å². The number of amides is 2. The minimum Gasteiger partial charge on any atom is -0.444 e. The molecule has 2 amide bonds. The Morgan fingerprint density at radius 1 is 1.32 bits per heavy atom. The maximum Gasteiger partial charge on any atom is 0.434 e. The summed E-state index contributed by atoms with van der Waals surface area (Å²) in [6, 6.07) is 4.79. The Bertz CT molecular complexity index is 929. The van der Waals surface area contributed by atoms with Crippen molar-refractivity contribution in [2.75, 3.05) is 5.32 Å². The first-order valence-electron chi connectivity index (χ1n) is 8.47. The highest BCUT2D eigenvalue weighted by atomic mass is 19.4. The van der Waals surface area contributed by atoms with E-state index < -0.39 is 29.5 Å². The van der Waals surface area contributed by atoms with Crippen LogP contribution in [0.15, 0.2) is 24.4 Å². The van der Waals surface area contributed by atoms with Crippen molar-refractivity contribution in [2.24, 2.45) is 0 Å². The van der Waals surface area contributed by atoms with Crippen molar-refractivity contribution in [1.29, 1.82) is 0 Å². The van der Waals surface area contributed by atoms with E-state index in [1.54, 1.807) is 39.0 Å². The number of carbonyl (C=O) groups excluding carboxylic acids is 2. The first-order valence-corrected chi connectivity index (χ1v) is 8.47. The molecular formula is C18H19F3N4O3. The number of nitrogens with one attached hydrogen (secondary N) is 2. The molecule has 0 spiro atoms. The molecule has 1 aromatic heterocycles. The van der Waals surface area contributed by atoms with Gasteiger partial charge in [0.15, 0.2) is 5.69 Å². The van der Waals surface area contributed by atoms with E-state index in [0.717, 1.165) is 6.20 Å². The molecule has 10 heteroatoms. The van der Waals surface area contributed by atoms with E-state index in [2.05, 4.69) is 15.6 Å². The van der Waals surface area contributed by atoms with Crippen molar-refractivity contribution >= 4 is 17.7 Å². The number of hydrogen-bond donors (Lipinski definition) is 2. The fraction of sp³-hybridized carbons (Fsp3) is 0.389. The molecule has 7 nitrogen and oxygen atoms in total. The van der Waals surface area contributed by atoms with Crippen LogP contribution in [-0.2, 0) is 28.8 Å². The van der Waals surface area contributed by atoms with Crippen LogP contribution in [0.2, 0.25) is 0 Å². The number of halogens is 3. The van der Waals surface area contributed by atoms with Crippen molar-refractivity contribution < 1.29 is 27.5 Å². The van der Waals surface area contributed by atoms with Gasteiger partial charge in [-0.3, -0.25) is 4.79 Å². The van der Waals surface area contributed by atoms with Gasteiger partial charge in [0.05, 0.1) is 5.69 Å². The third-order valence-corrected chi connectivity index (χ3v) is 3.82. The molecule has 0 fully saturated rings. The van der Waals surface area contributed by atoms with Gasteiger partial charge < -0.3 is 19.9 Å². The van der Waals surface area contributed by atoms with Crippen LogP contribution in [0.1, 0.15) is 32.0 Å². The number of carbonyl (C=O) groups is 2. The van der Waals surface area contributed by atoms with Crippen LogP contribution >= 0.6 is 0 Å². The number of alkyl carbamates (subject to hydrolysis) is 1. The van der Waals surface area contributed by atoms with E-state index in [-0.39, 0.29) is 18.9 Å². The molecule has 1 aliphatic rings. The van der Waals surface area contributed by atoms with Crippen LogP contribution in [-0.4, -0.2) is 27.2 Å². The van der Waals surface area contributed by atoms with Gasteiger partial charge in [-0.2, -0.15) is 13.2 Å². The third kappa shape index (κ3) is 4.44. The predicted octanol–water partition coefficient (Wildman–Crippen LogP) is 3.55. The topological polar surface area (TPSA) is 85.3 Å². The Labute approximate surface area is 158 Å². The molecule has 28 heavy (non-hydrogen) atoms. The fourth-order valence-electron chi connectivity index (χ4n) is 2.72. The summed E-state index contributed by atoms with van der Waals surface area (Å²) in [4.78, 5) is 27.5. The molecule has 0 aliphatic carbocycles. The first-order chi connectivity index (χ1) is 12.9. The predicted molar refractivity (Wildman–Crippen MR) is 94.4 cm³/mol. The lowest BCUT2D eigenvalue weighted by molar-refractivity contribution is -0.141. The number of rotatable bonds is 2. The van der Waals surface area contributed by atoms with Crippen LogP contribution in [0.4, 0.5) is 23.7 Å². The van der Waals surface area contributed by atoms with E-state index in [1.807, 2.05) is 0 Å². The molecule has 0 saturated carbocycles. The summed E-state index contributed by atoms with van der Waals surface area (Å²) < 4.78 is 45.3. The van der Waals surface area contributed by atoms with Crippen LogP contribution in [0, 0.1) is 0 Å². The molecule has 0 radical (unpaired) electrons. The molecule has 2 aromatic rings. The Morgan fingerprint density at radius 2 is 2.04 bits per heavy atom. The van der Waals surface area contributed by atoms with Gasteiger partial charge in [0.1, 0.15) is 18.0 Å². The molecule has 150 valence electrons. The molecule has 0 bridgehead atoms. The van der Waals surface area contributed by atoms with Gasteiger partial charge in [0.2, 0.25) is 5.91 Å². The second-order valence-corrected chi connectivity index (χ2v) is 7.36. The fourth-order valence-corrected chi connectivity index (χ4v) is 2.72. The van der Waals surface area contributed by atoms with Crippen LogP contribution in [0.5, 0.6) is 0 Å². The quantitative estimate of drug-likeness (QED) is 0.813. The average Bonchev–Trinajstić information content (AvgIpc) is 2.90. The number of aromatic nitrogens is 2. The van der Waals surface area contributed by atoms with Gasteiger partial charge in [-0.15, -0.1) is 0 Å². The molecule has 3 rings (SSSR count). The zero-order valence-corrected chi connectivity index (χ0v) is 15.5. The zero-order chi connectivity index (χ0) is 20.7. The zero-order valence-electron chi connectivity index (χ0n) is 15.5. The highest BCUT2D eigenvalue weighted by molar-refractivity contribution is 5.96. The molecule has 0 unspecified atom stereocenters. The summed E-state index contributed by atoms with van der Waals surface area (Å²) >= 11 is 0. The van der Waals surface area contributed by atoms with Crippen molar-refractivity contribution in [2.45, 2.75) is 45.6 Å². The van der Waals surface area contributed by atoms with Gasteiger partial charge in [-0.1, -0.05) is 6.07 Å². The molecule has 0 saturated heterocycles. The number of hydrogen-bond acceptors (Lipinski definition) is 4. The number of ether oxygens (including phenoxy) is 1. The minimum atomic E-state index is -4.60. The van der Waals surface area contributed by atoms with E-state index in [9.17, 15) is 22.8 Å². The summed E-state index contributed by atoms with van der Waals surface area (Å²) in [6.45, 7) is 5.06. The summed E-state index contributed by atoms with van der Waals surface area (Å²) in [5, 5.41) is 5.24. The van der Waals surface area contributed by atoms with Gasteiger partial charge >= 0.3 is 12.3 Å². The largest absolute Gasteiger partial charge is 0.444 e. The average molecular weight is 396 g/mol. The van der Waals surface area contributed by atoms with E-state index in [0.29, 0.717) is 16.8 Å². The molecule has 1 aliphatic heterocycles. The van der Waals surface area contributed by atoms with Gasteiger partial charge in [0, 0.05) is 18.3 Å². The number of anilines is 1. The van der Waals surface area contributed by atoms with E-state index in [4.69, 9.17) is 4.74 Å². The summed E-state index contributed by atoms with van der Waals surface area (Å²) in [7, 11) is 0. The lowest BCUT2D eigenvalue weighted by Crippen LogP contribution is -2.32. The standard InChI is InChI=1S/C18H19F3N4O3/c1-17(2,3)28-16(27)22-7-10-4-5-11-12(6-10)23-14(26)9-25-8-13(18(19,20)21)24-15(11)25/h4-6,8H,7,9H2,1-3H3,(H,22,27)(H,23,26). The van der Waals surface area contributed by atoms with E-state index >= 15 is 0 Å². The lowest BCUT2D eigenvalue weighted by atomic mass is 10.1. The second-order valence-electron chi connectivity index (χ2n) is 7.36. The number of benzene rings is 1. The van der Waals surface area contributed by atoms with E-state index in [1.165, 1.54) is 4.57 Å². The van der Waals surface area contributed by atoms with Crippen molar-refractivity contribution in [3.8, 4) is 11.4 Å². The number of imidazole rings is 1. The van der Waals surface area contributed by atoms with Crippen molar-refractivity contribution in [3.63, 3.8) is 0 Å². The second kappa shape index (κ2) is 6.84. The minimum absolute atomic E-state index is 0.0485. The lowest BCUT2D eigenvalue weighted by Gasteiger charge is -2.19. The Balaban J connectivity index is 1.86. The Kier molecular flexibility index (Phi) is 4.82. The number of fused-ring (bicyclic) bond motifs is 3. The summed E-state index contributed by atoms with van der Waals surface area (Å²) in [5.41, 5.74) is -0.368.